The molecule has 0 saturated heterocycles. The summed E-state index contributed by atoms with van der Waals surface area (Å²) in [5.74, 6) is -1.37. The van der Waals surface area contributed by atoms with Crippen molar-refractivity contribution in [1.82, 2.24) is 10.2 Å². The fraction of sp³-hybridized carbons (Fsp3) is 0. The lowest BCUT2D eigenvalue weighted by Crippen LogP contribution is -2.20. The van der Waals surface area contributed by atoms with Crippen LogP contribution in [0.15, 0.2) is 40.6 Å². The molecular weight excluding hydrogens is 289 g/mol. The first-order chi connectivity index (χ1) is 9.45. The topological polar surface area (TPSA) is 133 Å². The minimum atomic E-state index is -3.95. The highest BCUT2D eigenvalue weighted by Gasteiger charge is 2.20. The molecule has 1 heterocycles. The highest BCUT2D eigenvalue weighted by Crippen LogP contribution is 2.22. The number of hydrogen-bond donors (Lipinski definition) is 4. The minimum Gasteiger partial charge on any atom is -0.409 e. The summed E-state index contributed by atoms with van der Waals surface area (Å²) in [6.07, 6.45) is 2.25. The van der Waals surface area contributed by atoms with Gasteiger partial charge in [-0.25, -0.2) is 12.8 Å². The van der Waals surface area contributed by atoms with Crippen LogP contribution in [0.1, 0.15) is 5.56 Å². The lowest BCUT2D eigenvalue weighted by molar-refractivity contribution is 0.318. The molecule has 0 amide bonds. The zero-order valence-electron chi connectivity index (χ0n) is 9.91. The Hall–Kier alpha value is -2.62. The molecule has 0 atom stereocenters. The van der Waals surface area contributed by atoms with Gasteiger partial charge in [0.1, 0.15) is 10.7 Å². The first kappa shape index (κ1) is 13.8. The Kier molecular flexibility index (Phi) is 3.57. The second-order valence-corrected chi connectivity index (χ2v) is 5.37. The van der Waals surface area contributed by atoms with Crippen molar-refractivity contribution in [1.29, 1.82) is 0 Å². The summed E-state index contributed by atoms with van der Waals surface area (Å²) in [7, 11) is -3.95. The predicted molar refractivity (Wildman–Crippen MR) is 68.3 cm³/mol. The maximum Gasteiger partial charge on any atom is 0.265 e. The van der Waals surface area contributed by atoms with E-state index in [0.717, 1.165) is 18.5 Å². The number of H-pyrrole nitrogens is 1. The quantitative estimate of drug-likeness (QED) is 0.281. The van der Waals surface area contributed by atoms with E-state index in [1.54, 1.807) is 0 Å². The van der Waals surface area contributed by atoms with E-state index in [2.05, 4.69) is 20.1 Å². The van der Waals surface area contributed by atoms with E-state index < -0.39 is 21.7 Å². The van der Waals surface area contributed by atoms with Crippen LogP contribution in [0.25, 0.3) is 0 Å². The fourth-order valence-electron chi connectivity index (χ4n) is 1.51. The number of nitrogens with two attached hydrogens (primary N) is 1. The number of nitrogens with zero attached hydrogens (tertiary/aromatic N) is 2. The molecule has 0 aliphatic rings. The van der Waals surface area contributed by atoms with Crippen LogP contribution in [-0.2, 0) is 10.0 Å². The number of sulfonamides is 1. The minimum absolute atomic E-state index is 0.132. The number of amidine groups is 1. The molecule has 2 rings (SSSR count). The molecule has 5 N–H and O–H groups in total. The van der Waals surface area contributed by atoms with Crippen LogP contribution in [0.5, 0.6) is 0 Å². The second-order valence-electron chi connectivity index (χ2n) is 3.69. The average molecular weight is 299 g/mol. The monoisotopic (exact) mass is 299 g/mol. The summed E-state index contributed by atoms with van der Waals surface area (Å²) in [5, 5.41) is 17.2. The van der Waals surface area contributed by atoms with Crippen LogP contribution >= 0.6 is 0 Å². The van der Waals surface area contributed by atoms with Crippen LogP contribution < -0.4 is 10.5 Å². The molecule has 20 heavy (non-hydrogen) atoms. The Morgan fingerprint density at radius 1 is 1.50 bits per heavy atom. The number of oxime groups is 1. The zero-order valence-corrected chi connectivity index (χ0v) is 10.7. The van der Waals surface area contributed by atoms with Crippen LogP contribution in [0.4, 0.5) is 10.1 Å². The Morgan fingerprint density at radius 3 is 2.85 bits per heavy atom. The lowest BCUT2D eigenvalue weighted by atomic mass is 10.1. The first-order valence-corrected chi connectivity index (χ1v) is 6.72. The Bertz CT molecular complexity index is 742. The summed E-state index contributed by atoms with van der Waals surface area (Å²) in [4.78, 5) is -0.132. The number of benzene rings is 1. The van der Waals surface area contributed by atoms with Gasteiger partial charge in [-0.1, -0.05) is 11.2 Å². The van der Waals surface area contributed by atoms with Crippen molar-refractivity contribution in [2.75, 3.05) is 4.72 Å². The molecule has 1 aromatic carbocycles. The SMILES string of the molecule is N/C(=N/O)c1c(F)cccc1NS(=O)(=O)c1cn[nH]c1. The Balaban J connectivity index is 2.48. The highest BCUT2D eigenvalue weighted by molar-refractivity contribution is 7.92. The lowest BCUT2D eigenvalue weighted by Gasteiger charge is -2.11. The number of anilines is 1. The van der Waals surface area contributed by atoms with Gasteiger partial charge in [0, 0.05) is 6.20 Å². The predicted octanol–water partition coefficient (Wildman–Crippen LogP) is 0.444. The van der Waals surface area contributed by atoms with Crippen LogP contribution in [-0.4, -0.2) is 29.7 Å². The van der Waals surface area contributed by atoms with Gasteiger partial charge in [0.25, 0.3) is 10.0 Å². The first-order valence-electron chi connectivity index (χ1n) is 5.23. The van der Waals surface area contributed by atoms with Crippen molar-refractivity contribution in [3.63, 3.8) is 0 Å². The second kappa shape index (κ2) is 5.17. The molecule has 0 aliphatic heterocycles. The van der Waals surface area contributed by atoms with Crippen LogP contribution in [0.2, 0.25) is 0 Å². The zero-order chi connectivity index (χ0) is 14.8. The summed E-state index contributed by atoms with van der Waals surface area (Å²) < 4.78 is 39.8. The van der Waals surface area contributed by atoms with Crippen molar-refractivity contribution in [2.45, 2.75) is 4.90 Å². The molecule has 0 bridgehead atoms. The number of aromatic amines is 1. The Morgan fingerprint density at radius 2 is 2.25 bits per heavy atom. The maximum atomic E-state index is 13.7. The van der Waals surface area contributed by atoms with Crippen molar-refractivity contribution >= 4 is 21.5 Å². The van der Waals surface area contributed by atoms with Gasteiger partial charge in [-0.15, -0.1) is 0 Å². The summed E-state index contributed by atoms with van der Waals surface area (Å²) >= 11 is 0. The van der Waals surface area contributed by atoms with E-state index in [1.165, 1.54) is 12.1 Å². The molecule has 0 spiro atoms. The van der Waals surface area contributed by atoms with E-state index in [4.69, 9.17) is 10.9 Å². The number of hydrogen-bond acceptors (Lipinski definition) is 5. The normalized spacial score (nSPS) is 12.3. The Labute approximate surface area is 113 Å². The third-order valence-corrected chi connectivity index (χ3v) is 3.74. The van der Waals surface area contributed by atoms with Gasteiger partial charge >= 0.3 is 0 Å². The van der Waals surface area contributed by atoms with Crippen molar-refractivity contribution < 1.29 is 18.0 Å². The smallest absolute Gasteiger partial charge is 0.265 e. The molecule has 10 heteroatoms. The third kappa shape index (κ3) is 2.54. The van der Waals surface area contributed by atoms with E-state index in [1.807, 2.05) is 0 Å². The molecular formula is C10H10FN5O3S. The number of rotatable bonds is 4. The molecule has 0 radical (unpaired) electrons. The largest absolute Gasteiger partial charge is 0.409 e. The molecule has 1 aromatic heterocycles. The fourth-order valence-corrected chi connectivity index (χ4v) is 2.49. The van der Waals surface area contributed by atoms with Gasteiger partial charge in [0.05, 0.1) is 17.4 Å². The molecule has 0 fully saturated rings. The van der Waals surface area contributed by atoms with E-state index in [9.17, 15) is 12.8 Å². The van der Waals surface area contributed by atoms with Crippen LogP contribution in [0, 0.1) is 5.82 Å². The maximum absolute atomic E-state index is 13.7. The standard InChI is InChI=1S/C10H10FN5O3S/c11-7-2-1-3-8(9(7)10(12)15-17)16-20(18,19)6-4-13-14-5-6/h1-5,16-17H,(H2,12,15)(H,13,14). The van der Waals surface area contributed by atoms with E-state index in [0.29, 0.717) is 0 Å². The molecule has 8 nitrogen and oxygen atoms in total. The van der Waals surface area contributed by atoms with Gasteiger partial charge in [0.15, 0.2) is 5.84 Å². The average Bonchev–Trinajstić information content (AvgIpc) is 2.92. The van der Waals surface area contributed by atoms with Crippen molar-refractivity contribution in [3.05, 3.63) is 42.0 Å². The molecule has 2 aromatic rings. The molecule has 0 unspecified atom stereocenters. The van der Waals surface area contributed by atoms with Gasteiger partial charge in [-0.3, -0.25) is 9.82 Å². The summed E-state index contributed by atoms with van der Waals surface area (Å²) in [5.41, 5.74) is 4.84. The third-order valence-electron chi connectivity index (χ3n) is 2.41. The number of nitrogens with one attached hydrogen (secondary N) is 2. The van der Waals surface area contributed by atoms with Crippen molar-refractivity contribution in [3.8, 4) is 0 Å². The number of aromatic nitrogens is 2. The number of halogens is 1. The highest BCUT2D eigenvalue weighted by atomic mass is 32.2. The molecule has 106 valence electrons. The van der Waals surface area contributed by atoms with E-state index >= 15 is 0 Å². The van der Waals surface area contributed by atoms with Gasteiger partial charge in [-0.05, 0) is 12.1 Å². The van der Waals surface area contributed by atoms with Crippen LogP contribution in [0.3, 0.4) is 0 Å². The van der Waals surface area contributed by atoms with E-state index in [-0.39, 0.29) is 16.1 Å². The molecule has 0 aliphatic carbocycles. The molecule has 0 saturated carbocycles. The van der Waals surface area contributed by atoms with Gasteiger partial charge < -0.3 is 10.9 Å². The summed E-state index contributed by atoms with van der Waals surface area (Å²) in [6, 6.07) is 3.63. The van der Waals surface area contributed by atoms with Crippen molar-refractivity contribution in [2.24, 2.45) is 10.9 Å². The summed E-state index contributed by atoms with van der Waals surface area (Å²) in [6.45, 7) is 0. The van der Waals surface area contributed by atoms with Gasteiger partial charge in [0.2, 0.25) is 0 Å². The van der Waals surface area contributed by atoms with Gasteiger partial charge in [-0.2, -0.15) is 5.10 Å².